The third-order valence-corrected chi connectivity index (χ3v) is 8.13. The molecule has 1 amide bonds. The zero-order valence-corrected chi connectivity index (χ0v) is 22.6. The van der Waals surface area contributed by atoms with E-state index in [4.69, 9.17) is 9.73 Å². The minimum Gasteiger partial charge on any atom is -0.492 e. The van der Waals surface area contributed by atoms with E-state index in [2.05, 4.69) is 40.6 Å². The molecular formula is C30H33N5O2S. The van der Waals surface area contributed by atoms with Gasteiger partial charge in [-0.05, 0) is 55.0 Å². The van der Waals surface area contributed by atoms with Crippen molar-refractivity contribution in [2.24, 2.45) is 4.99 Å². The Hall–Kier alpha value is -3.67. The quantitative estimate of drug-likeness (QED) is 0.379. The summed E-state index contributed by atoms with van der Waals surface area (Å²) in [5.74, 6) is 0.803. The molecule has 3 aromatic rings. The zero-order chi connectivity index (χ0) is 26.3. The molecule has 2 aliphatic rings. The van der Waals surface area contributed by atoms with Crippen LogP contribution in [-0.4, -0.2) is 54.7 Å². The van der Waals surface area contributed by atoms with E-state index < -0.39 is 0 Å². The second-order valence-corrected chi connectivity index (χ2v) is 10.7. The normalized spacial score (nSPS) is 15.4. The van der Waals surface area contributed by atoms with Crippen LogP contribution in [0.15, 0.2) is 53.5 Å². The summed E-state index contributed by atoms with van der Waals surface area (Å²) in [6.07, 6.45) is 4.82. The Kier molecular flexibility index (Phi) is 8.37. The molecule has 0 spiro atoms. The number of nitriles is 1. The van der Waals surface area contributed by atoms with Crippen molar-refractivity contribution in [2.75, 3.05) is 38.1 Å². The lowest BCUT2D eigenvalue weighted by atomic mass is 10.0. The number of rotatable bonds is 9. The highest BCUT2D eigenvalue weighted by Gasteiger charge is 2.24. The molecule has 7 nitrogen and oxygen atoms in total. The molecule has 0 saturated carbocycles. The molecule has 2 aliphatic heterocycles. The van der Waals surface area contributed by atoms with E-state index in [0.29, 0.717) is 17.9 Å². The summed E-state index contributed by atoms with van der Waals surface area (Å²) in [4.78, 5) is 22.7. The maximum absolute atomic E-state index is 12.4. The number of benzene rings is 2. The topological polar surface area (TPSA) is 81.0 Å². The highest BCUT2D eigenvalue weighted by Crippen LogP contribution is 2.39. The first-order valence-electron chi connectivity index (χ1n) is 13.3. The lowest BCUT2D eigenvalue weighted by Gasteiger charge is -2.26. The van der Waals surface area contributed by atoms with Crippen LogP contribution in [0.25, 0.3) is 0 Å². The van der Waals surface area contributed by atoms with Crippen molar-refractivity contribution in [3.8, 4) is 11.8 Å². The molecular weight excluding hydrogens is 494 g/mol. The second-order valence-electron chi connectivity index (χ2n) is 9.63. The summed E-state index contributed by atoms with van der Waals surface area (Å²) in [7, 11) is 0. The number of hydrogen-bond acceptors (Lipinski definition) is 7. The number of thiophene rings is 1. The zero-order valence-electron chi connectivity index (χ0n) is 21.8. The van der Waals surface area contributed by atoms with Crippen LogP contribution in [0.4, 0.5) is 10.7 Å². The summed E-state index contributed by atoms with van der Waals surface area (Å²) in [5.41, 5.74) is 4.82. The monoisotopic (exact) mass is 527 g/mol. The van der Waals surface area contributed by atoms with Gasteiger partial charge in [-0.2, -0.15) is 5.26 Å². The molecule has 5 rings (SSSR count). The maximum Gasteiger partial charge on any atom is 0.241 e. The van der Waals surface area contributed by atoms with E-state index in [1.165, 1.54) is 10.4 Å². The number of aliphatic imine (C=N–C) groups is 1. The highest BCUT2D eigenvalue weighted by molar-refractivity contribution is 7.16. The molecule has 3 heterocycles. The summed E-state index contributed by atoms with van der Waals surface area (Å²) in [5, 5.41) is 13.9. The fourth-order valence-electron chi connectivity index (χ4n) is 5.05. The summed E-state index contributed by atoms with van der Waals surface area (Å²) < 4.78 is 5.85. The van der Waals surface area contributed by atoms with Gasteiger partial charge in [-0.1, -0.05) is 36.4 Å². The summed E-state index contributed by atoms with van der Waals surface area (Å²) in [6, 6.07) is 18.7. The predicted octanol–water partition coefficient (Wildman–Crippen LogP) is 5.36. The van der Waals surface area contributed by atoms with Gasteiger partial charge in [-0.25, -0.2) is 4.99 Å². The van der Waals surface area contributed by atoms with Gasteiger partial charge in [0.1, 0.15) is 16.8 Å². The SMILES string of the molecule is CCOc1cc(C=Nc2sc3c(c2C#N)CCN(Cc2ccccc2)C3)ccc1NCC(=O)N1CCCC1. The van der Waals surface area contributed by atoms with Crippen molar-refractivity contribution in [3.63, 3.8) is 0 Å². The third-order valence-electron chi connectivity index (χ3n) is 7.00. The number of carbonyl (C=O) groups excluding carboxylic acids is 1. The molecule has 0 radical (unpaired) electrons. The van der Waals surface area contributed by atoms with Crippen molar-refractivity contribution in [2.45, 2.75) is 39.3 Å². The van der Waals surface area contributed by atoms with Gasteiger partial charge in [0.15, 0.2) is 0 Å². The van der Waals surface area contributed by atoms with Gasteiger partial charge in [0, 0.05) is 43.8 Å². The van der Waals surface area contributed by atoms with Crippen molar-refractivity contribution in [1.82, 2.24) is 9.80 Å². The molecule has 1 aromatic heterocycles. The van der Waals surface area contributed by atoms with Gasteiger partial charge in [-0.3, -0.25) is 9.69 Å². The molecule has 0 atom stereocenters. The first-order valence-corrected chi connectivity index (χ1v) is 14.1. The average molecular weight is 528 g/mol. The van der Waals surface area contributed by atoms with E-state index in [1.54, 1.807) is 17.6 Å². The molecule has 1 fully saturated rings. The molecule has 2 aromatic carbocycles. The number of nitrogens with one attached hydrogen (secondary N) is 1. The van der Waals surface area contributed by atoms with Crippen LogP contribution >= 0.6 is 11.3 Å². The molecule has 38 heavy (non-hydrogen) atoms. The Morgan fingerprint density at radius 1 is 1.18 bits per heavy atom. The number of nitrogens with zero attached hydrogens (tertiary/aromatic N) is 4. The summed E-state index contributed by atoms with van der Waals surface area (Å²) in [6.45, 7) is 7.07. The van der Waals surface area contributed by atoms with Gasteiger partial charge in [0.05, 0.1) is 24.4 Å². The van der Waals surface area contributed by atoms with Crippen molar-refractivity contribution >= 4 is 34.1 Å². The van der Waals surface area contributed by atoms with Gasteiger partial charge in [0.2, 0.25) is 5.91 Å². The maximum atomic E-state index is 12.4. The van der Waals surface area contributed by atoms with Crippen LogP contribution in [0.1, 0.15) is 46.9 Å². The fourth-order valence-corrected chi connectivity index (χ4v) is 6.23. The van der Waals surface area contributed by atoms with Crippen LogP contribution in [-0.2, 0) is 24.3 Å². The summed E-state index contributed by atoms with van der Waals surface area (Å²) >= 11 is 1.61. The Morgan fingerprint density at radius 3 is 2.76 bits per heavy atom. The smallest absolute Gasteiger partial charge is 0.241 e. The van der Waals surface area contributed by atoms with Crippen molar-refractivity contribution < 1.29 is 9.53 Å². The van der Waals surface area contributed by atoms with Crippen LogP contribution < -0.4 is 10.1 Å². The average Bonchev–Trinajstić information content (AvgIpc) is 3.60. The lowest BCUT2D eigenvalue weighted by molar-refractivity contribution is -0.128. The molecule has 196 valence electrons. The van der Waals surface area contributed by atoms with Crippen LogP contribution in [0.2, 0.25) is 0 Å². The molecule has 0 aliphatic carbocycles. The standard InChI is InChI=1S/C30H33N5O2S/c1-2-37-27-16-23(10-11-26(27)32-19-29(36)35-13-6-7-14-35)18-33-30-25(17-31)24-12-15-34(21-28(24)38-30)20-22-8-4-3-5-9-22/h3-5,8-11,16,18,32H,2,6-7,12-15,19-21H2,1H3. The minimum atomic E-state index is 0.114. The third kappa shape index (κ3) is 6.07. The first kappa shape index (κ1) is 26.0. The fraction of sp³-hybridized carbons (Fsp3) is 0.367. The number of ether oxygens (including phenoxy) is 1. The van der Waals surface area contributed by atoms with Gasteiger partial charge >= 0.3 is 0 Å². The second kappa shape index (κ2) is 12.2. The van der Waals surface area contributed by atoms with E-state index in [0.717, 1.165) is 73.8 Å². The Bertz CT molecular complexity index is 1340. The molecule has 8 heteroatoms. The molecule has 1 saturated heterocycles. The Balaban J connectivity index is 1.28. The van der Waals surface area contributed by atoms with E-state index in [1.807, 2.05) is 36.1 Å². The van der Waals surface area contributed by atoms with Gasteiger partial charge in [-0.15, -0.1) is 11.3 Å². The van der Waals surface area contributed by atoms with E-state index in [-0.39, 0.29) is 12.5 Å². The van der Waals surface area contributed by atoms with E-state index in [9.17, 15) is 10.1 Å². The van der Waals surface area contributed by atoms with Gasteiger partial charge < -0.3 is 15.0 Å². The van der Waals surface area contributed by atoms with Crippen LogP contribution in [0.5, 0.6) is 5.75 Å². The first-order chi connectivity index (χ1) is 18.6. The number of anilines is 1. The number of likely N-dealkylation sites (tertiary alicyclic amines) is 1. The van der Waals surface area contributed by atoms with Crippen LogP contribution in [0.3, 0.4) is 0 Å². The Morgan fingerprint density at radius 2 is 2.00 bits per heavy atom. The molecule has 0 unspecified atom stereocenters. The highest BCUT2D eigenvalue weighted by atomic mass is 32.1. The van der Waals surface area contributed by atoms with Crippen molar-refractivity contribution in [3.05, 3.63) is 75.7 Å². The molecule has 0 bridgehead atoms. The van der Waals surface area contributed by atoms with E-state index >= 15 is 0 Å². The molecule has 1 N–H and O–H groups in total. The van der Waals surface area contributed by atoms with Crippen LogP contribution in [0, 0.1) is 11.3 Å². The Labute approximate surface area is 228 Å². The largest absolute Gasteiger partial charge is 0.492 e. The number of amides is 1. The van der Waals surface area contributed by atoms with Gasteiger partial charge in [0.25, 0.3) is 0 Å². The van der Waals surface area contributed by atoms with Crippen molar-refractivity contribution in [1.29, 1.82) is 5.26 Å². The minimum absolute atomic E-state index is 0.114. The number of fused-ring (bicyclic) bond motifs is 1. The number of carbonyl (C=O) groups is 1. The predicted molar refractivity (Wildman–Crippen MR) is 152 cm³/mol. The number of hydrogen-bond donors (Lipinski definition) is 1. The lowest BCUT2D eigenvalue weighted by Crippen LogP contribution is -2.33.